The van der Waals surface area contributed by atoms with Crippen molar-refractivity contribution in [2.45, 2.75) is 10.6 Å². The van der Waals surface area contributed by atoms with Crippen molar-refractivity contribution in [3.8, 4) is 0 Å². The number of rotatable bonds is 7. The van der Waals surface area contributed by atoms with Gasteiger partial charge in [0.15, 0.2) is 4.34 Å². The van der Waals surface area contributed by atoms with E-state index in [0.717, 1.165) is 12.6 Å². The van der Waals surface area contributed by atoms with E-state index in [1.807, 2.05) is 19.0 Å². The molecule has 1 heterocycles. The topological polar surface area (TPSA) is 83.8 Å². The third-order valence-electron chi connectivity index (χ3n) is 2.59. The van der Waals surface area contributed by atoms with Crippen molar-refractivity contribution in [1.29, 1.82) is 0 Å². The molecule has 0 saturated carbocycles. The minimum absolute atomic E-state index is 0.110. The minimum atomic E-state index is -3.73. The SMILES string of the molecule is CN(C)CCCN(C)S(=O)(=O)c1cc([N+](=O)[O-])c(Cl)s1. The van der Waals surface area contributed by atoms with Crippen LogP contribution in [0.2, 0.25) is 4.34 Å². The predicted molar refractivity (Wildman–Crippen MR) is 79.0 cm³/mol. The second-order valence-electron chi connectivity index (χ2n) is 4.46. The fraction of sp³-hybridized carbons (Fsp3) is 0.600. The largest absolute Gasteiger partial charge is 0.309 e. The van der Waals surface area contributed by atoms with E-state index in [2.05, 4.69) is 0 Å². The molecule has 0 aromatic carbocycles. The summed E-state index contributed by atoms with van der Waals surface area (Å²) >= 11 is 6.39. The molecule has 0 saturated heterocycles. The summed E-state index contributed by atoms with van der Waals surface area (Å²) < 4.78 is 25.4. The molecule has 0 N–H and O–H groups in total. The molecule has 0 unspecified atom stereocenters. The van der Waals surface area contributed by atoms with Crippen molar-refractivity contribution in [3.63, 3.8) is 0 Å². The van der Waals surface area contributed by atoms with Crippen LogP contribution in [0.3, 0.4) is 0 Å². The highest BCUT2D eigenvalue weighted by atomic mass is 35.5. The van der Waals surface area contributed by atoms with Crippen molar-refractivity contribution in [2.75, 3.05) is 34.2 Å². The third kappa shape index (κ3) is 4.13. The van der Waals surface area contributed by atoms with Crippen LogP contribution in [-0.4, -0.2) is 56.8 Å². The van der Waals surface area contributed by atoms with Gasteiger partial charge >= 0.3 is 0 Å². The molecule has 0 spiro atoms. The molecule has 20 heavy (non-hydrogen) atoms. The van der Waals surface area contributed by atoms with E-state index in [-0.39, 0.29) is 14.2 Å². The van der Waals surface area contributed by atoms with Crippen LogP contribution in [0.15, 0.2) is 10.3 Å². The quantitative estimate of drug-likeness (QED) is 0.558. The van der Waals surface area contributed by atoms with Gasteiger partial charge in [0.05, 0.1) is 4.92 Å². The number of halogens is 1. The molecular weight excluding hydrogens is 326 g/mol. The molecule has 0 aliphatic rings. The second kappa shape index (κ2) is 6.81. The van der Waals surface area contributed by atoms with Crippen molar-refractivity contribution < 1.29 is 13.3 Å². The maximum absolute atomic E-state index is 12.2. The Morgan fingerprint density at radius 3 is 2.40 bits per heavy atom. The van der Waals surface area contributed by atoms with Crippen LogP contribution in [0.25, 0.3) is 0 Å². The number of hydrogen-bond donors (Lipinski definition) is 0. The van der Waals surface area contributed by atoms with Crippen molar-refractivity contribution >= 4 is 38.6 Å². The lowest BCUT2D eigenvalue weighted by Crippen LogP contribution is -2.29. The Hall–Kier alpha value is -0.740. The monoisotopic (exact) mass is 341 g/mol. The Balaban J connectivity index is 2.87. The van der Waals surface area contributed by atoms with Crippen molar-refractivity contribution in [2.24, 2.45) is 0 Å². The smallest absolute Gasteiger partial charge is 0.300 e. The average Bonchev–Trinajstić information content (AvgIpc) is 2.71. The molecule has 0 radical (unpaired) electrons. The number of nitrogens with zero attached hydrogens (tertiary/aromatic N) is 3. The highest BCUT2D eigenvalue weighted by molar-refractivity contribution is 7.91. The molecule has 1 aromatic heterocycles. The van der Waals surface area contributed by atoms with Crippen molar-refractivity contribution in [3.05, 3.63) is 20.5 Å². The predicted octanol–water partition coefficient (Wildman–Crippen LogP) is 1.88. The fourth-order valence-corrected chi connectivity index (χ4v) is 4.56. The first kappa shape index (κ1) is 17.3. The summed E-state index contributed by atoms with van der Waals surface area (Å²) in [5.74, 6) is 0. The normalized spacial score (nSPS) is 12.3. The number of sulfonamides is 1. The standard InChI is InChI=1S/C10H16ClN3O4S2/c1-12(2)5-4-6-13(3)20(17,18)9-7-8(14(15)16)10(11)19-9/h7H,4-6H2,1-3H3. The van der Waals surface area contributed by atoms with Gasteiger partial charge in [-0.2, -0.15) is 0 Å². The van der Waals surface area contributed by atoms with E-state index in [4.69, 9.17) is 11.6 Å². The molecule has 0 aliphatic carbocycles. The van der Waals surface area contributed by atoms with Gasteiger partial charge in [0, 0.05) is 19.7 Å². The number of nitro groups is 1. The van der Waals surface area contributed by atoms with Gasteiger partial charge in [-0.25, -0.2) is 12.7 Å². The Morgan fingerprint density at radius 1 is 1.35 bits per heavy atom. The van der Waals surface area contributed by atoms with Crippen LogP contribution in [0, 0.1) is 10.1 Å². The summed E-state index contributed by atoms with van der Waals surface area (Å²) in [5, 5.41) is 10.7. The zero-order chi connectivity index (χ0) is 15.5. The molecule has 0 amide bonds. The van der Waals surface area contributed by atoms with E-state index in [1.54, 1.807) is 0 Å². The molecule has 0 fully saturated rings. The van der Waals surface area contributed by atoms with Crippen LogP contribution in [-0.2, 0) is 10.0 Å². The van der Waals surface area contributed by atoms with Gasteiger partial charge in [-0.05, 0) is 27.1 Å². The van der Waals surface area contributed by atoms with Gasteiger partial charge in [0.2, 0.25) is 0 Å². The van der Waals surface area contributed by atoms with E-state index in [1.165, 1.54) is 11.4 Å². The lowest BCUT2D eigenvalue weighted by molar-refractivity contribution is -0.384. The van der Waals surface area contributed by atoms with Crippen molar-refractivity contribution in [1.82, 2.24) is 9.21 Å². The first-order valence-electron chi connectivity index (χ1n) is 5.71. The van der Waals surface area contributed by atoms with Crippen LogP contribution in [0.1, 0.15) is 6.42 Å². The summed E-state index contributed by atoms with van der Waals surface area (Å²) in [6, 6.07) is 1.00. The molecule has 7 nitrogen and oxygen atoms in total. The maximum Gasteiger partial charge on any atom is 0.300 e. The van der Waals surface area contributed by atoms with Gasteiger partial charge in [0.25, 0.3) is 15.7 Å². The first-order valence-corrected chi connectivity index (χ1v) is 8.34. The molecule has 10 heteroatoms. The molecule has 1 rings (SSSR count). The zero-order valence-electron chi connectivity index (χ0n) is 11.4. The number of thiophene rings is 1. The highest BCUT2D eigenvalue weighted by Crippen LogP contribution is 2.37. The third-order valence-corrected chi connectivity index (χ3v) is 6.23. The summed E-state index contributed by atoms with van der Waals surface area (Å²) in [6.45, 7) is 1.09. The summed E-state index contributed by atoms with van der Waals surface area (Å²) in [4.78, 5) is 12.0. The number of hydrogen-bond acceptors (Lipinski definition) is 6. The minimum Gasteiger partial charge on any atom is -0.309 e. The van der Waals surface area contributed by atoms with Crippen LogP contribution >= 0.6 is 22.9 Å². The summed E-state index contributed by atoms with van der Waals surface area (Å²) in [7, 11) is 1.52. The maximum atomic E-state index is 12.2. The Morgan fingerprint density at radius 2 is 1.95 bits per heavy atom. The Kier molecular flexibility index (Phi) is 5.90. The van der Waals surface area contributed by atoms with Crippen LogP contribution in [0.4, 0.5) is 5.69 Å². The summed E-state index contributed by atoms with van der Waals surface area (Å²) in [6.07, 6.45) is 0.671. The van der Waals surface area contributed by atoms with Gasteiger partial charge < -0.3 is 4.90 Å². The zero-order valence-corrected chi connectivity index (χ0v) is 13.8. The fourth-order valence-electron chi connectivity index (χ4n) is 1.47. The second-order valence-corrected chi connectivity index (χ2v) is 8.39. The molecule has 114 valence electrons. The lowest BCUT2D eigenvalue weighted by Gasteiger charge is -2.17. The van der Waals surface area contributed by atoms with Crippen LogP contribution in [0.5, 0.6) is 0 Å². The van der Waals surface area contributed by atoms with Gasteiger partial charge in [-0.1, -0.05) is 11.6 Å². The van der Waals surface area contributed by atoms with Gasteiger partial charge in [0.1, 0.15) is 4.21 Å². The summed E-state index contributed by atoms with van der Waals surface area (Å²) in [5.41, 5.74) is -0.378. The lowest BCUT2D eigenvalue weighted by atomic mass is 10.4. The van der Waals surface area contributed by atoms with E-state index < -0.39 is 14.9 Å². The van der Waals surface area contributed by atoms with Crippen LogP contribution < -0.4 is 0 Å². The van der Waals surface area contributed by atoms with E-state index >= 15 is 0 Å². The Bertz CT molecular complexity index is 585. The molecule has 0 aliphatic heterocycles. The Labute approximate surface area is 126 Å². The highest BCUT2D eigenvalue weighted by Gasteiger charge is 2.28. The molecular formula is C10H16ClN3O4S2. The molecule has 0 atom stereocenters. The van der Waals surface area contributed by atoms with E-state index in [9.17, 15) is 18.5 Å². The molecule has 0 bridgehead atoms. The van der Waals surface area contributed by atoms with Gasteiger partial charge in [-0.3, -0.25) is 10.1 Å². The van der Waals surface area contributed by atoms with Gasteiger partial charge in [-0.15, -0.1) is 11.3 Å². The first-order chi connectivity index (χ1) is 9.16. The van der Waals surface area contributed by atoms with E-state index in [0.29, 0.717) is 24.3 Å². The molecule has 1 aromatic rings. The average molecular weight is 342 g/mol.